The average Bonchev–Trinajstić information content (AvgIpc) is 2.34. The summed E-state index contributed by atoms with van der Waals surface area (Å²) < 4.78 is -0.291. The van der Waals surface area contributed by atoms with Gasteiger partial charge in [-0.2, -0.15) is 0 Å². The largest absolute Gasteiger partial charge is 0.627 e. The van der Waals surface area contributed by atoms with Crippen LogP contribution in [0, 0.1) is 10.6 Å². The molecule has 98 valence electrons. The quantitative estimate of drug-likeness (QED) is 0.466. The first-order chi connectivity index (χ1) is 8.32. The van der Waals surface area contributed by atoms with Crippen LogP contribution in [-0.4, -0.2) is 18.3 Å². The number of quaternary nitrogens is 1. The van der Waals surface area contributed by atoms with Gasteiger partial charge in [0.25, 0.3) is 5.24 Å². The molecule has 3 nitrogen and oxygen atoms in total. The molecule has 0 atom stereocenters. The van der Waals surface area contributed by atoms with Crippen LogP contribution in [0.15, 0.2) is 24.3 Å². The fraction of sp³-hybridized carbons (Fsp3) is 0.500. The predicted octanol–water partition coefficient (Wildman–Crippen LogP) is 3.69. The second-order valence-electron chi connectivity index (χ2n) is 5.82. The van der Waals surface area contributed by atoms with Gasteiger partial charge in [-0.25, -0.2) is 0 Å². The zero-order valence-electron chi connectivity index (χ0n) is 10.8. The molecule has 0 spiro atoms. The second kappa shape index (κ2) is 4.65. The molecule has 1 aromatic rings. The van der Waals surface area contributed by atoms with Crippen molar-refractivity contribution < 1.29 is 4.79 Å². The van der Waals surface area contributed by atoms with Gasteiger partial charge >= 0.3 is 0 Å². The van der Waals surface area contributed by atoms with Crippen molar-refractivity contribution in [1.82, 2.24) is 4.65 Å². The minimum atomic E-state index is -0.487. The maximum Gasteiger partial charge on any atom is 0.252 e. The number of carbonyl (C=O) groups excluding carboxylic acids is 1. The lowest BCUT2D eigenvalue weighted by atomic mass is 9.82. The Labute approximate surface area is 113 Å². The van der Waals surface area contributed by atoms with Gasteiger partial charge in [0.1, 0.15) is 5.69 Å². The number of hydroxylamine groups is 2. The van der Waals surface area contributed by atoms with E-state index in [-0.39, 0.29) is 10.1 Å². The summed E-state index contributed by atoms with van der Waals surface area (Å²) in [5.41, 5.74) is 1.41. The van der Waals surface area contributed by atoms with Crippen molar-refractivity contribution >= 4 is 22.5 Å². The highest BCUT2D eigenvalue weighted by Crippen LogP contribution is 2.36. The molecule has 1 fully saturated rings. The number of piperidine rings is 1. The molecule has 0 bridgehead atoms. The van der Waals surface area contributed by atoms with Gasteiger partial charge in [0.05, 0.1) is 13.1 Å². The number of carbonyl (C=O) groups is 1. The fourth-order valence-electron chi connectivity index (χ4n) is 2.33. The first-order valence-electron chi connectivity index (χ1n) is 6.21. The molecule has 1 aromatic carbocycles. The Morgan fingerprint density at radius 1 is 1.22 bits per heavy atom. The summed E-state index contributed by atoms with van der Waals surface area (Å²) in [4.78, 5) is 11.0. The number of hydrogen-bond donors (Lipinski definition) is 0. The van der Waals surface area contributed by atoms with E-state index in [4.69, 9.17) is 11.6 Å². The van der Waals surface area contributed by atoms with E-state index < -0.39 is 5.24 Å². The van der Waals surface area contributed by atoms with Crippen LogP contribution in [0.1, 0.15) is 37.0 Å². The van der Waals surface area contributed by atoms with Crippen molar-refractivity contribution in [2.45, 2.75) is 26.7 Å². The van der Waals surface area contributed by atoms with E-state index in [2.05, 4.69) is 13.8 Å². The zero-order valence-corrected chi connectivity index (χ0v) is 11.5. The van der Waals surface area contributed by atoms with Crippen molar-refractivity contribution in [2.75, 3.05) is 13.1 Å². The van der Waals surface area contributed by atoms with Crippen LogP contribution in [0.25, 0.3) is 0 Å². The Morgan fingerprint density at radius 2 is 1.72 bits per heavy atom. The lowest BCUT2D eigenvalue weighted by molar-refractivity contribution is 0.108. The highest BCUT2D eigenvalue weighted by atomic mass is 35.5. The van der Waals surface area contributed by atoms with Crippen LogP contribution in [0.5, 0.6) is 0 Å². The molecule has 0 saturated carbocycles. The molecule has 1 aliphatic rings. The highest BCUT2D eigenvalue weighted by Gasteiger charge is 2.33. The van der Waals surface area contributed by atoms with Crippen molar-refractivity contribution in [1.29, 1.82) is 0 Å². The van der Waals surface area contributed by atoms with Crippen molar-refractivity contribution in [3.8, 4) is 0 Å². The lowest BCUT2D eigenvalue weighted by Crippen LogP contribution is -2.51. The first-order valence-corrected chi connectivity index (χ1v) is 6.59. The van der Waals surface area contributed by atoms with Gasteiger partial charge in [0, 0.05) is 30.5 Å². The molecule has 1 heterocycles. The number of nitrogens with zero attached hydrogens (tertiary/aromatic N) is 1. The van der Waals surface area contributed by atoms with E-state index in [9.17, 15) is 10.0 Å². The first kappa shape index (κ1) is 13.5. The van der Waals surface area contributed by atoms with Crippen molar-refractivity contribution in [3.63, 3.8) is 0 Å². The van der Waals surface area contributed by atoms with Gasteiger partial charge < -0.3 is 9.85 Å². The summed E-state index contributed by atoms with van der Waals surface area (Å²) in [6.45, 7) is 5.60. The van der Waals surface area contributed by atoms with E-state index in [1.54, 1.807) is 24.3 Å². The minimum absolute atomic E-state index is 0.262. The monoisotopic (exact) mass is 267 g/mol. The van der Waals surface area contributed by atoms with Crippen LogP contribution in [0.4, 0.5) is 5.69 Å². The van der Waals surface area contributed by atoms with E-state index in [1.807, 2.05) is 0 Å². The van der Waals surface area contributed by atoms with Gasteiger partial charge in [0.2, 0.25) is 0 Å². The molecule has 4 heteroatoms. The highest BCUT2D eigenvalue weighted by molar-refractivity contribution is 6.67. The molecular weight excluding hydrogens is 250 g/mol. The molecule has 0 aromatic heterocycles. The Hall–Kier alpha value is -0.900. The molecule has 0 unspecified atom stereocenters. The van der Waals surface area contributed by atoms with Crippen LogP contribution < -0.4 is 4.65 Å². The summed E-state index contributed by atoms with van der Waals surface area (Å²) in [6, 6.07) is 6.70. The maximum absolute atomic E-state index is 12.7. The fourth-order valence-corrected chi connectivity index (χ4v) is 2.45. The van der Waals surface area contributed by atoms with Gasteiger partial charge in [-0.1, -0.05) is 13.8 Å². The summed E-state index contributed by atoms with van der Waals surface area (Å²) in [5, 5.41) is 12.2. The minimum Gasteiger partial charge on any atom is -0.627 e. The van der Waals surface area contributed by atoms with Crippen LogP contribution in [0.3, 0.4) is 0 Å². The molecule has 2 rings (SSSR count). The maximum atomic E-state index is 12.7. The van der Waals surface area contributed by atoms with Crippen molar-refractivity contribution in [3.05, 3.63) is 35.0 Å². The van der Waals surface area contributed by atoms with E-state index in [0.717, 1.165) is 12.8 Å². The summed E-state index contributed by atoms with van der Waals surface area (Å²) >= 11 is 5.39. The van der Waals surface area contributed by atoms with E-state index in [1.165, 1.54) is 0 Å². The number of rotatable bonds is 2. The number of hydrogen-bond acceptors (Lipinski definition) is 2. The molecular formula is C14H18ClNO2. The van der Waals surface area contributed by atoms with Gasteiger partial charge in [0.15, 0.2) is 0 Å². The SMILES string of the molecule is CC1(C)CC[N+]([O-])(c2ccc(C(=O)Cl)cc2)CC1. The normalized spacial score (nSPS) is 21.6. The summed E-state index contributed by atoms with van der Waals surface area (Å²) in [5.74, 6) is 0. The molecule has 1 saturated heterocycles. The van der Waals surface area contributed by atoms with Crippen molar-refractivity contribution in [2.24, 2.45) is 5.41 Å². The third-order valence-electron chi connectivity index (χ3n) is 3.86. The number of benzene rings is 1. The molecule has 1 aliphatic heterocycles. The Kier molecular flexibility index (Phi) is 3.49. The molecule has 0 amide bonds. The smallest absolute Gasteiger partial charge is 0.252 e. The standard InChI is InChI=1S/C14H18ClNO2/c1-14(2)7-9-16(18,10-8-14)12-5-3-11(4-6-12)13(15)17/h3-6H,7-10H2,1-2H3. The Bertz CT molecular complexity index is 443. The lowest BCUT2D eigenvalue weighted by Gasteiger charge is -2.49. The molecule has 18 heavy (non-hydrogen) atoms. The third-order valence-corrected chi connectivity index (χ3v) is 4.08. The topological polar surface area (TPSA) is 40.1 Å². The third kappa shape index (κ3) is 2.74. The predicted molar refractivity (Wildman–Crippen MR) is 74.5 cm³/mol. The molecule has 0 N–H and O–H groups in total. The van der Waals surface area contributed by atoms with Crippen LogP contribution >= 0.6 is 11.6 Å². The average molecular weight is 268 g/mol. The van der Waals surface area contributed by atoms with Gasteiger partial charge in [-0.3, -0.25) is 4.79 Å². The van der Waals surface area contributed by atoms with E-state index >= 15 is 0 Å². The van der Waals surface area contributed by atoms with Gasteiger partial charge in [-0.05, 0) is 29.1 Å². The van der Waals surface area contributed by atoms with Crippen LogP contribution in [-0.2, 0) is 0 Å². The second-order valence-corrected chi connectivity index (χ2v) is 6.16. The summed E-state index contributed by atoms with van der Waals surface area (Å²) in [7, 11) is 0. The van der Waals surface area contributed by atoms with E-state index in [0.29, 0.717) is 24.3 Å². The molecule has 0 aliphatic carbocycles. The summed E-state index contributed by atoms with van der Waals surface area (Å²) in [6.07, 6.45) is 1.85. The number of halogens is 1. The molecule has 0 radical (unpaired) electrons. The van der Waals surface area contributed by atoms with Gasteiger partial charge in [-0.15, -0.1) is 0 Å². The zero-order chi connectivity index (χ0) is 13.4. The Balaban J connectivity index is 2.18. The Morgan fingerprint density at radius 3 is 2.17 bits per heavy atom. The van der Waals surface area contributed by atoms with Crippen LogP contribution in [0.2, 0.25) is 0 Å².